The minimum atomic E-state index is -0.209. The Balaban J connectivity index is 1.79. The lowest BCUT2D eigenvalue weighted by Crippen LogP contribution is -2.34. The topological polar surface area (TPSA) is 58.6 Å². The van der Waals surface area contributed by atoms with Crippen molar-refractivity contribution in [1.82, 2.24) is 10.2 Å². The largest absolute Gasteiger partial charge is 0.468 e. The molecule has 3 rings (SSSR count). The average molecular weight is 326 g/mol. The summed E-state index contributed by atoms with van der Waals surface area (Å²) >= 11 is 0. The molecule has 2 heterocycles. The molecule has 1 N–H and O–H groups in total. The minimum Gasteiger partial charge on any atom is -0.468 e. The minimum absolute atomic E-state index is 0.0316. The summed E-state index contributed by atoms with van der Waals surface area (Å²) in [5.74, 6) is 0.976. The molecular formula is C19H22N2O3. The molecule has 0 spiro atoms. The van der Waals surface area contributed by atoms with Crippen molar-refractivity contribution in [3.63, 3.8) is 0 Å². The van der Waals surface area contributed by atoms with Crippen molar-refractivity contribution < 1.29 is 13.6 Å². The van der Waals surface area contributed by atoms with Gasteiger partial charge in [-0.05, 0) is 52.2 Å². The van der Waals surface area contributed by atoms with Crippen LogP contribution in [0.1, 0.15) is 33.5 Å². The third-order valence-corrected chi connectivity index (χ3v) is 4.25. The summed E-state index contributed by atoms with van der Waals surface area (Å²) in [5.41, 5.74) is 2.74. The van der Waals surface area contributed by atoms with E-state index in [0.29, 0.717) is 12.3 Å². The molecule has 0 bridgehead atoms. The smallest absolute Gasteiger partial charge is 0.287 e. The molecule has 24 heavy (non-hydrogen) atoms. The average Bonchev–Trinajstić information content (AvgIpc) is 3.16. The molecular weight excluding hydrogens is 304 g/mol. The van der Waals surface area contributed by atoms with Gasteiger partial charge in [-0.3, -0.25) is 9.69 Å². The standard InChI is InChI=1S/C19H22N2O3/c1-12-7-8-16-14(10-12)13(2)18(24-16)19(22)20-11-15(21(3)4)17-6-5-9-23-17/h5-10,15H,11H2,1-4H3,(H,20,22)/t15-/m1/s1. The first-order valence-corrected chi connectivity index (χ1v) is 7.95. The first-order chi connectivity index (χ1) is 11.5. The summed E-state index contributed by atoms with van der Waals surface area (Å²) in [6.45, 7) is 4.38. The van der Waals surface area contributed by atoms with Gasteiger partial charge in [-0.2, -0.15) is 0 Å². The van der Waals surface area contributed by atoms with Crippen LogP contribution in [0.3, 0.4) is 0 Å². The van der Waals surface area contributed by atoms with Crippen molar-refractivity contribution >= 4 is 16.9 Å². The molecule has 1 atom stereocenters. The van der Waals surface area contributed by atoms with Crippen LogP contribution in [-0.2, 0) is 0 Å². The maximum Gasteiger partial charge on any atom is 0.287 e. The molecule has 0 fully saturated rings. The zero-order valence-corrected chi connectivity index (χ0v) is 14.4. The third kappa shape index (κ3) is 3.08. The van der Waals surface area contributed by atoms with Gasteiger partial charge in [0.05, 0.1) is 12.3 Å². The van der Waals surface area contributed by atoms with E-state index in [1.807, 2.05) is 63.2 Å². The number of carbonyl (C=O) groups excluding carboxylic acids is 1. The van der Waals surface area contributed by atoms with Gasteiger partial charge in [-0.25, -0.2) is 0 Å². The van der Waals surface area contributed by atoms with Crippen LogP contribution in [0.2, 0.25) is 0 Å². The number of hydrogen-bond acceptors (Lipinski definition) is 4. The van der Waals surface area contributed by atoms with Gasteiger partial charge in [-0.15, -0.1) is 0 Å². The zero-order valence-electron chi connectivity index (χ0n) is 14.4. The lowest BCUT2D eigenvalue weighted by molar-refractivity contribution is 0.0912. The first-order valence-electron chi connectivity index (χ1n) is 7.95. The summed E-state index contributed by atoms with van der Waals surface area (Å²) < 4.78 is 11.2. The third-order valence-electron chi connectivity index (χ3n) is 4.25. The molecule has 0 aliphatic rings. The summed E-state index contributed by atoms with van der Waals surface area (Å²) in [7, 11) is 3.91. The maximum absolute atomic E-state index is 12.6. The molecule has 0 saturated carbocycles. The number of likely N-dealkylation sites (N-methyl/N-ethyl adjacent to an activating group) is 1. The second-order valence-corrected chi connectivity index (χ2v) is 6.26. The number of amides is 1. The van der Waals surface area contributed by atoms with Crippen LogP contribution in [0.5, 0.6) is 0 Å². The second-order valence-electron chi connectivity index (χ2n) is 6.26. The number of rotatable bonds is 5. The Kier molecular flexibility index (Phi) is 4.44. The first kappa shape index (κ1) is 16.3. The van der Waals surface area contributed by atoms with Gasteiger partial charge in [-0.1, -0.05) is 11.6 Å². The quantitative estimate of drug-likeness (QED) is 0.777. The van der Waals surface area contributed by atoms with Crippen LogP contribution in [0.15, 0.2) is 45.4 Å². The molecule has 1 amide bonds. The van der Waals surface area contributed by atoms with E-state index >= 15 is 0 Å². The Bertz CT molecular complexity index is 847. The van der Waals surface area contributed by atoms with Gasteiger partial charge in [0, 0.05) is 17.5 Å². The van der Waals surface area contributed by atoms with Crippen molar-refractivity contribution in [2.45, 2.75) is 19.9 Å². The highest BCUT2D eigenvalue weighted by atomic mass is 16.3. The molecule has 0 aliphatic heterocycles. The number of benzene rings is 1. The van der Waals surface area contributed by atoms with Crippen LogP contribution >= 0.6 is 0 Å². The lowest BCUT2D eigenvalue weighted by atomic mass is 10.1. The summed E-state index contributed by atoms with van der Waals surface area (Å²) in [4.78, 5) is 14.6. The number of nitrogens with one attached hydrogen (secondary N) is 1. The van der Waals surface area contributed by atoms with Crippen molar-refractivity contribution in [1.29, 1.82) is 0 Å². The van der Waals surface area contributed by atoms with Crippen LogP contribution in [0.25, 0.3) is 11.0 Å². The predicted octanol–water partition coefficient (Wildman–Crippen LogP) is 3.68. The summed E-state index contributed by atoms with van der Waals surface area (Å²) in [6.07, 6.45) is 1.64. The van der Waals surface area contributed by atoms with E-state index in [0.717, 1.165) is 27.9 Å². The zero-order chi connectivity index (χ0) is 17.3. The van der Waals surface area contributed by atoms with E-state index in [1.54, 1.807) is 6.26 Å². The fourth-order valence-electron chi connectivity index (χ4n) is 2.84. The molecule has 0 saturated heterocycles. The Morgan fingerprint density at radius 1 is 1.25 bits per heavy atom. The maximum atomic E-state index is 12.6. The van der Waals surface area contributed by atoms with E-state index < -0.39 is 0 Å². The van der Waals surface area contributed by atoms with Crippen molar-refractivity contribution in [2.75, 3.05) is 20.6 Å². The SMILES string of the molecule is Cc1ccc2oc(C(=O)NC[C@H](c3ccco3)N(C)C)c(C)c2c1. The fourth-order valence-corrected chi connectivity index (χ4v) is 2.84. The van der Waals surface area contributed by atoms with E-state index in [9.17, 15) is 4.79 Å². The fraction of sp³-hybridized carbons (Fsp3) is 0.316. The molecule has 2 aromatic heterocycles. The summed E-state index contributed by atoms with van der Waals surface area (Å²) in [5, 5.41) is 3.93. The van der Waals surface area contributed by atoms with Crippen LogP contribution in [0, 0.1) is 13.8 Å². The highest BCUT2D eigenvalue weighted by molar-refractivity contribution is 5.99. The molecule has 1 aromatic carbocycles. The van der Waals surface area contributed by atoms with Crippen molar-refractivity contribution in [3.8, 4) is 0 Å². The van der Waals surface area contributed by atoms with Gasteiger partial charge < -0.3 is 14.2 Å². The van der Waals surface area contributed by atoms with Crippen LogP contribution in [-0.4, -0.2) is 31.4 Å². The van der Waals surface area contributed by atoms with Gasteiger partial charge >= 0.3 is 0 Å². The molecule has 0 aliphatic carbocycles. The van der Waals surface area contributed by atoms with Crippen LogP contribution in [0.4, 0.5) is 0 Å². The molecule has 3 aromatic rings. The lowest BCUT2D eigenvalue weighted by Gasteiger charge is -2.22. The number of carbonyl (C=O) groups is 1. The van der Waals surface area contributed by atoms with Crippen molar-refractivity contribution in [3.05, 3.63) is 59.2 Å². The van der Waals surface area contributed by atoms with Gasteiger partial charge in [0.2, 0.25) is 0 Å². The van der Waals surface area contributed by atoms with Gasteiger partial charge in [0.1, 0.15) is 11.3 Å². The Labute approximate surface area is 141 Å². The highest BCUT2D eigenvalue weighted by Crippen LogP contribution is 2.26. The number of nitrogens with zero attached hydrogens (tertiary/aromatic N) is 1. The van der Waals surface area contributed by atoms with Gasteiger partial charge in [0.25, 0.3) is 5.91 Å². The Hall–Kier alpha value is -2.53. The van der Waals surface area contributed by atoms with E-state index in [1.165, 1.54) is 0 Å². The molecule has 0 radical (unpaired) electrons. The number of aryl methyl sites for hydroxylation is 2. The van der Waals surface area contributed by atoms with Gasteiger partial charge in [0.15, 0.2) is 5.76 Å². The number of fused-ring (bicyclic) bond motifs is 1. The van der Waals surface area contributed by atoms with Crippen LogP contribution < -0.4 is 5.32 Å². The molecule has 5 heteroatoms. The highest BCUT2D eigenvalue weighted by Gasteiger charge is 2.21. The monoisotopic (exact) mass is 326 g/mol. The Morgan fingerprint density at radius 3 is 2.71 bits per heavy atom. The Morgan fingerprint density at radius 2 is 2.04 bits per heavy atom. The predicted molar refractivity (Wildman–Crippen MR) is 93.2 cm³/mol. The summed E-state index contributed by atoms with van der Waals surface area (Å²) in [6, 6.07) is 9.64. The molecule has 126 valence electrons. The van der Waals surface area contributed by atoms with Crippen molar-refractivity contribution in [2.24, 2.45) is 0 Å². The van der Waals surface area contributed by atoms with E-state index in [4.69, 9.17) is 8.83 Å². The van der Waals surface area contributed by atoms with E-state index in [-0.39, 0.29) is 11.9 Å². The number of hydrogen-bond donors (Lipinski definition) is 1. The molecule has 5 nitrogen and oxygen atoms in total. The molecule has 0 unspecified atom stereocenters. The van der Waals surface area contributed by atoms with E-state index in [2.05, 4.69) is 5.32 Å². The number of furan rings is 2. The second kappa shape index (κ2) is 6.53. The normalized spacial score (nSPS) is 12.7.